The van der Waals surface area contributed by atoms with E-state index < -0.39 is 36.6 Å². The molecule has 2 aromatic heterocycles. The zero-order valence-electron chi connectivity index (χ0n) is 21.3. The summed E-state index contributed by atoms with van der Waals surface area (Å²) in [7, 11) is 0. The number of hydrogen-bond acceptors (Lipinski definition) is 7. The first-order chi connectivity index (χ1) is 18.0. The van der Waals surface area contributed by atoms with Crippen molar-refractivity contribution in [2.24, 2.45) is 0 Å². The van der Waals surface area contributed by atoms with Gasteiger partial charge in [0.05, 0.1) is 18.0 Å². The molecule has 0 aliphatic carbocycles. The fraction of sp³-hybridized carbons (Fsp3) is 0.333. The van der Waals surface area contributed by atoms with Crippen LogP contribution >= 0.6 is 0 Å². The maximum atomic E-state index is 14.9. The van der Waals surface area contributed by atoms with Crippen LogP contribution in [-0.4, -0.2) is 55.4 Å². The van der Waals surface area contributed by atoms with Gasteiger partial charge in [0.2, 0.25) is 0 Å². The first-order valence-corrected chi connectivity index (χ1v) is 12.2. The van der Waals surface area contributed by atoms with E-state index in [9.17, 15) is 13.6 Å². The molecule has 38 heavy (non-hydrogen) atoms. The van der Waals surface area contributed by atoms with E-state index in [4.69, 9.17) is 15.2 Å². The molecular weight excluding hydrogens is 494 g/mol. The Bertz CT molecular complexity index is 1450. The first kappa shape index (κ1) is 25.4. The molecule has 0 saturated carbocycles. The van der Waals surface area contributed by atoms with Crippen molar-refractivity contribution < 1.29 is 23.0 Å². The minimum Gasteiger partial charge on any atom is -0.457 e. The van der Waals surface area contributed by atoms with Crippen LogP contribution in [0.4, 0.5) is 19.4 Å². The van der Waals surface area contributed by atoms with Crippen LogP contribution in [-0.2, 0) is 4.74 Å². The number of benzene rings is 2. The number of amides is 1. The number of likely N-dealkylation sites (tertiary alicyclic amines) is 1. The normalized spacial score (nSPS) is 17.4. The molecule has 1 saturated heterocycles. The zero-order chi connectivity index (χ0) is 27.1. The smallest absolute Gasteiger partial charge is 0.410 e. The Balaban J connectivity index is 1.49. The average Bonchev–Trinajstić information content (AvgIpc) is 3.24. The number of rotatable bonds is 4. The molecule has 1 aliphatic heterocycles. The summed E-state index contributed by atoms with van der Waals surface area (Å²) in [5, 5.41) is 5.12. The maximum Gasteiger partial charge on any atom is 0.410 e. The number of aromatic nitrogens is 4. The summed E-state index contributed by atoms with van der Waals surface area (Å²) in [4.78, 5) is 22.1. The summed E-state index contributed by atoms with van der Waals surface area (Å²) >= 11 is 0. The number of nitrogens with two attached hydrogens (primary N) is 1. The van der Waals surface area contributed by atoms with Crippen LogP contribution < -0.4 is 10.5 Å². The lowest BCUT2D eigenvalue weighted by atomic mass is 10.0. The van der Waals surface area contributed by atoms with Crippen molar-refractivity contribution in [1.82, 2.24) is 24.6 Å². The minimum absolute atomic E-state index is 0.0194. The Hall–Kier alpha value is -4.28. The number of carbonyl (C=O) groups excluding carboxylic acids is 1. The van der Waals surface area contributed by atoms with Gasteiger partial charge in [-0.2, -0.15) is 5.10 Å². The van der Waals surface area contributed by atoms with E-state index in [1.54, 1.807) is 45.0 Å². The van der Waals surface area contributed by atoms with Crippen molar-refractivity contribution in [1.29, 1.82) is 0 Å². The molecule has 1 atom stereocenters. The molecular formula is C27H28F2N6O3. The molecule has 3 heterocycles. The molecule has 0 spiro atoms. The van der Waals surface area contributed by atoms with Gasteiger partial charge in [-0.25, -0.2) is 28.2 Å². The highest BCUT2D eigenvalue weighted by molar-refractivity contribution is 5.98. The number of para-hydroxylation sites is 1. The Labute approximate surface area is 218 Å². The van der Waals surface area contributed by atoms with Gasteiger partial charge in [0.25, 0.3) is 5.92 Å². The van der Waals surface area contributed by atoms with Gasteiger partial charge in [0.15, 0.2) is 5.65 Å². The van der Waals surface area contributed by atoms with Crippen molar-refractivity contribution in [2.75, 3.05) is 18.8 Å². The Morgan fingerprint density at radius 1 is 1.05 bits per heavy atom. The van der Waals surface area contributed by atoms with Gasteiger partial charge >= 0.3 is 6.09 Å². The molecule has 5 rings (SSSR count). The number of fused-ring (bicyclic) bond motifs is 1. The molecule has 1 amide bonds. The molecule has 0 radical (unpaired) electrons. The largest absolute Gasteiger partial charge is 0.457 e. The van der Waals surface area contributed by atoms with E-state index in [0.29, 0.717) is 33.8 Å². The highest BCUT2D eigenvalue weighted by Crippen LogP contribution is 2.38. The molecule has 11 heteroatoms. The summed E-state index contributed by atoms with van der Waals surface area (Å²) in [5.41, 5.74) is 6.83. The highest BCUT2D eigenvalue weighted by Gasteiger charge is 2.45. The molecule has 4 aromatic rings. The lowest BCUT2D eigenvalue weighted by Gasteiger charge is -2.38. The molecule has 2 N–H and O–H groups in total. The summed E-state index contributed by atoms with van der Waals surface area (Å²) < 4.78 is 42.3. The number of nitrogen functional groups attached to an aromatic ring is 1. The van der Waals surface area contributed by atoms with Crippen LogP contribution in [0.1, 0.15) is 33.2 Å². The van der Waals surface area contributed by atoms with Gasteiger partial charge < -0.3 is 20.1 Å². The Morgan fingerprint density at radius 3 is 2.42 bits per heavy atom. The van der Waals surface area contributed by atoms with Crippen LogP contribution in [0.15, 0.2) is 60.9 Å². The predicted molar refractivity (Wildman–Crippen MR) is 138 cm³/mol. The van der Waals surface area contributed by atoms with Crippen molar-refractivity contribution in [3.63, 3.8) is 0 Å². The molecule has 0 unspecified atom stereocenters. The fourth-order valence-corrected chi connectivity index (χ4v) is 4.46. The molecule has 9 nitrogen and oxygen atoms in total. The SMILES string of the molecule is CC(C)(C)OC(=O)N1C[C@H](n2nc(-c3ccc(Oc4ccccc4)cc3)c3c(N)ncnc32)CC(F)(F)C1. The minimum atomic E-state index is -3.15. The number of carbonyl (C=O) groups is 1. The topological polar surface area (TPSA) is 108 Å². The number of piperidine rings is 1. The number of hydrogen-bond donors (Lipinski definition) is 1. The first-order valence-electron chi connectivity index (χ1n) is 12.2. The van der Waals surface area contributed by atoms with Gasteiger partial charge in [-0.05, 0) is 57.2 Å². The van der Waals surface area contributed by atoms with Gasteiger partial charge in [-0.15, -0.1) is 0 Å². The maximum absolute atomic E-state index is 14.9. The highest BCUT2D eigenvalue weighted by atomic mass is 19.3. The fourth-order valence-electron chi connectivity index (χ4n) is 4.46. The second-order valence-corrected chi connectivity index (χ2v) is 10.3. The lowest BCUT2D eigenvalue weighted by molar-refractivity contribution is -0.0847. The second kappa shape index (κ2) is 9.55. The molecule has 1 fully saturated rings. The van der Waals surface area contributed by atoms with Crippen LogP contribution in [0, 0.1) is 0 Å². The van der Waals surface area contributed by atoms with Gasteiger partial charge in [-0.3, -0.25) is 0 Å². The predicted octanol–water partition coefficient (Wildman–Crippen LogP) is 5.69. The molecule has 0 bridgehead atoms. The standard InChI is InChI=1S/C27H28F2N6O3/c1-26(2,3)38-25(36)34-14-18(13-27(28,29)15-34)35-24-21(23(30)31-16-32-24)22(33-35)17-9-11-20(12-10-17)37-19-7-5-4-6-8-19/h4-12,16,18H,13-15H2,1-3H3,(H2,30,31,32)/t18-/m1/s1. The lowest BCUT2D eigenvalue weighted by Crippen LogP contribution is -2.51. The van der Waals surface area contributed by atoms with Crippen molar-refractivity contribution in [2.45, 2.75) is 44.8 Å². The number of alkyl halides is 2. The van der Waals surface area contributed by atoms with E-state index in [2.05, 4.69) is 15.1 Å². The average molecular weight is 523 g/mol. The summed E-state index contributed by atoms with van der Waals surface area (Å²) in [6.07, 6.45) is -0.0547. The summed E-state index contributed by atoms with van der Waals surface area (Å²) in [5.74, 6) is -1.66. The van der Waals surface area contributed by atoms with Gasteiger partial charge in [-0.1, -0.05) is 18.2 Å². The third-order valence-electron chi connectivity index (χ3n) is 6.01. The van der Waals surface area contributed by atoms with Gasteiger partial charge in [0.1, 0.15) is 34.9 Å². The van der Waals surface area contributed by atoms with Gasteiger partial charge in [0, 0.05) is 18.5 Å². The van der Waals surface area contributed by atoms with Crippen LogP contribution in [0.25, 0.3) is 22.3 Å². The van der Waals surface area contributed by atoms with Crippen LogP contribution in [0.3, 0.4) is 0 Å². The van der Waals surface area contributed by atoms with Crippen molar-refractivity contribution in [3.8, 4) is 22.8 Å². The summed E-state index contributed by atoms with van der Waals surface area (Å²) in [6, 6.07) is 15.7. The van der Waals surface area contributed by atoms with E-state index in [1.165, 1.54) is 11.0 Å². The molecule has 1 aliphatic rings. The molecule has 2 aromatic carbocycles. The number of halogens is 2. The third-order valence-corrected chi connectivity index (χ3v) is 6.01. The van der Waals surface area contributed by atoms with Crippen LogP contribution in [0.2, 0.25) is 0 Å². The Morgan fingerprint density at radius 2 is 1.74 bits per heavy atom. The number of anilines is 1. The van der Waals surface area contributed by atoms with E-state index in [1.807, 2.05) is 30.3 Å². The summed E-state index contributed by atoms with van der Waals surface area (Å²) in [6.45, 7) is 4.31. The quantitative estimate of drug-likeness (QED) is 0.367. The molecule has 198 valence electrons. The van der Waals surface area contributed by atoms with E-state index >= 15 is 0 Å². The van der Waals surface area contributed by atoms with Crippen molar-refractivity contribution in [3.05, 3.63) is 60.9 Å². The van der Waals surface area contributed by atoms with Crippen molar-refractivity contribution >= 4 is 22.9 Å². The third kappa shape index (κ3) is 5.36. The zero-order valence-corrected chi connectivity index (χ0v) is 21.3. The number of nitrogens with zero attached hydrogens (tertiary/aromatic N) is 5. The number of ether oxygens (including phenoxy) is 2. The van der Waals surface area contributed by atoms with Crippen LogP contribution in [0.5, 0.6) is 11.5 Å². The van der Waals surface area contributed by atoms with E-state index in [-0.39, 0.29) is 12.4 Å². The second-order valence-electron chi connectivity index (χ2n) is 10.3. The Kier molecular flexibility index (Phi) is 6.38. The monoisotopic (exact) mass is 522 g/mol. The van der Waals surface area contributed by atoms with E-state index in [0.717, 1.165) is 4.90 Å².